The number of rotatable bonds is 7. The van der Waals surface area contributed by atoms with E-state index in [0.29, 0.717) is 17.1 Å². The van der Waals surface area contributed by atoms with Gasteiger partial charge in [0.1, 0.15) is 5.69 Å². The number of anilines is 1. The van der Waals surface area contributed by atoms with Crippen LogP contribution in [-0.2, 0) is 4.79 Å². The van der Waals surface area contributed by atoms with Gasteiger partial charge in [-0.15, -0.1) is 0 Å². The number of carbonyl (C=O) groups excluding carboxylic acids is 3. The van der Waals surface area contributed by atoms with Gasteiger partial charge in [-0.25, -0.2) is 0 Å². The molecule has 12 heteroatoms. The van der Waals surface area contributed by atoms with E-state index in [2.05, 4.69) is 10.6 Å². The summed E-state index contributed by atoms with van der Waals surface area (Å²) in [4.78, 5) is 49.2. The van der Waals surface area contributed by atoms with Gasteiger partial charge in [-0.3, -0.25) is 29.4 Å². The van der Waals surface area contributed by atoms with Crippen molar-refractivity contribution in [2.45, 2.75) is 0 Å². The second-order valence-electron chi connectivity index (χ2n) is 6.94. The Bertz CT molecular complexity index is 1200. The van der Waals surface area contributed by atoms with Crippen LogP contribution in [0.15, 0.2) is 41.3 Å². The van der Waals surface area contributed by atoms with Gasteiger partial charge in [0.2, 0.25) is 6.79 Å². The first-order valence-corrected chi connectivity index (χ1v) is 10.6. The highest BCUT2D eigenvalue weighted by molar-refractivity contribution is 8.18. The van der Waals surface area contributed by atoms with Crippen LogP contribution in [-0.4, -0.2) is 53.8 Å². The minimum atomic E-state index is -0.588. The standard InChI is InChI=1S/C21H18N4O7S/c1-22-14-4-3-13(10-15(14)25(29)30)19(26)23-6-7-24-20(27)18(33-21(24)28)9-12-2-5-16-17(8-12)32-11-31-16/h2-5,8-10,22H,6-7,11H2,1H3,(H,23,26). The summed E-state index contributed by atoms with van der Waals surface area (Å²) in [6.45, 7) is 0.0926. The molecule has 11 nitrogen and oxygen atoms in total. The lowest BCUT2D eigenvalue weighted by atomic mass is 10.1. The number of nitrogens with one attached hydrogen (secondary N) is 2. The quantitative estimate of drug-likeness (QED) is 0.355. The fraction of sp³-hybridized carbons (Fsp3) is 0.190. The zero-order chi connectivity index (χ0) is 23.5. The molecular formula is C21H18N4O7S. The molecule has 3 amide bonds. The predicted molar refractivity (Wildman–Crippen MR) is 120 cm³/mol. The van der Waals surface area contributed by atoms with E-state index >= 15 is 0 Å². The van der Waals surface area contributed by atoms with Crippen LogP contribution in [0.3, 0.4) is 0 Å². The summed E-state index contributed by atoms with van der Waals surface area (Å²) in [5.41, 5.74) is 0.829. The molecule has 0 atom stereocenters. The third kappa shape index (κ3) is 4.60. The van der Waals surface area contributed by atoms with Crippen LogP contribution >= 0.6 is 11.8 Å². The van der Waals surface area contributed by atoms with E-state index in [0.717, 1.165) is 22.7 Å². The maximum Gasteiger partial charge on any atom is 0.293 e. The minimum Gasteiger partial charge on any atom is -0.454 e. The van der Waals surface area contributed by atoms with Crippen LogP contribution in [0.4, 0.5) is 16.2 Å². The number of imide groups is 1. The van der Waals surface area contributed by atoms with Crippen molar-refractivity contribution in [3.63, 3.8) is 0 Å². The third-order valence-corrected chi connectivity index (χ3v) is 5.82. The van der Waals surface area contributed by atoms with E-state index < -0.39 is 22.0 Å². The van der Waals surface area contributed by atoms with Gasteiger partial charge in [-0.2, -0.15) is 0 Å². The smallest absolute Gasteiger partial charge is 0.293 e. The Kier molecular flexibility index (Phi) is 6.18. The summed E-state index contributed by atoms with van der Waals surface area (Å²) < 4.78 is 10.6. The molecule has 0 unspecified atom stereocenters. The Morgan fingerprint density at radius 3 is 2.76 bits per heavy atom. The molecule has 0 saturated carbocycles. The molecular weight excluding hydrogens is 452 g/mol. The van der Waals surface area contributed by atoms with Crippen LogP contribution in [0.25, 0.3) is 6.08 Å². The molecule has 2 aromatic carbocycles. The molecule has 1 fully saturated rings. The zero-order valence-electron chi connectivity index (χ0n) is 17.3. The van der Waals surface area contributed by atoms with Crippen molar-refractivity contribution >= 4 is 46.3 Å². The fourth-order valence-corrected chi connectivity index (χ4v) is 4.13. The first kappa shape index (κ1) is 22.1. The van der Waals surface area contributed by atoms with Crippen molar-refractivity contribution in [2.75, 3.05) is 32.2 Å². The summed E-state index contributed by atoms with van der Waals surface area (Å²) in [5, 5.41) is 16.0. The van der Waals surface area contributed by atoms with Crippen molar-refractivity contribution in [1.29, 1.82) is 0 Å². The number of carbonyl (C=O) groups is 3. The third-order valence-electron chi connectivity index (χ3n) is 4.91. The molecule has 2 heterocycles. The molecule has 0 radical (unpaired) electrons. The van der Waals surface area contributed by atoms with E-state index in [1.807, 2.05) is 0 Å². The van der Waals surface area contributed by atoms with E-state index in [4.69, 9.17) is 9.47 Å². The van der Waals surface area contributed by atoms with Gasteiger partial charge >= 0.3 is 0 Å². The summed E-state index contributed by atoms with van der Waals surface area (Å²) in [6, 6.07) is 9.23. The van der Waals surface area contributed by atoms with Gasteiger partial charge in [0.05, 0.1) is 9.83 Å². The lowest BCUT2D eigenvalue weighted by Crippen LogP contribution is -2.37. The number of benzene rings is 2. The van der Waals surface area contributed by atoms with Crippen molar-refractivity contribution in [3.8, 4) is 11.5 Å². The normalized spacial score (nSPS) is 15.8. The summed E-state index contributed by atoms with van der Waals surface area (Å²) in [6.07, 6.45) is 1.59. The Labute approximate surface area is 191 Å². The van der Waals surface area contributed by atoms with Crippen LogP contribution in [0.5, 0.6) is 11.5 Å². The highest BCUT2D eigenvalue weighted by Crippen LogP contribution is 2.36. The average molecular weight is 470 g/mol. The Morgan fingerprint density at radius 2 is 2.00 bits per heavy atom. The number of fused-ring (bicyclic) bond motifs is 1. The predicted octanol–water partition coefficient (Wildman–Crippen LogP) is 2.83. The summed E-state index contributed by atoms with van der Waals surface area (Å²) in [5.74, 6) is 0.158. The molecule has 0 spiro atoms. The number of hydrogen-bond donors (Lipinski definition) is 2. The number of ether oxygens (including phenoxy) is 2. The topological polar surface area (TPSA) is 140 Å². The van der Waals surface area contributed by atoms with Crippen LogP contribution in [0.1, 0.15) is 15.9 Å². The van der Waals surface area contributed by atoms with Crippen molar-refractivity contribution in [1.82, 2.24) is 10.2 Å². The van der Waals surface area contributed by atoms with Gasteiger partial charge in [0.15, 0.2) is 11.5 Å². The Balaban J connectivity index is 1.37. The first-order chi connectivity index (χ1) is 15.9. The first-order valence-electron chi connectivity index (χ1n) is 9.77. The maximum atomic E-state index is 12.7. The molecule has 170 valence electrons. The highest BCUT2D eigenvalue weighted by Gasteiger charge is 2.34. The lowest BCUT2D eigenvalue weighted by molar-refractivity contribution is -0.384. The molecule has 2 aliphatic heterocycles. The Hall–Kier alpha value is -4.06. The van der Waals surface area contributed by atoms with Gasteiger partial charge in [0.25, 0.3) is 22.7 Å². The molecule has 0 bridgehead atoms. The number of nitro groups is 1. The van der Waals surface area contributed by atoms with E-state index in [-0.39, 0.29) is 41.7 Å². The fourth-order valence-electron chi connectivity index (χ4n) is 3.27. The number of nitro benzene ring substituents is 1. The second kappa shape index (κ2) is 9.20. The van der Waals surface area contributed by atoms with Gasteiger partial charge < -0.3 is 20.1 Å². The molecule has 2 aliphatic rings. The molecule has 2 N–H and O–H groups in total. The summed E-state index contributed by atoms with van der Waals surface area (Å²) in [7, 11) is 1.54. The van der Waals surface area contributed by atoms with Crippen LogP contribution in [0, 0.1) is 10.1 Å². The van der Waals surface area contributed by atoms with Crippen LogP contribution < -0.4 is 20.1 Å². The monoisotopic (exact) mass is 470 g/mol. The Morgan fingerprint density at radius 1 is 1.21 bits per heavy atom. The molecule has 1 saturated heterocycles. The van der Waals surface area contributed by atoms with Crippen molar-refractivity contribution in [3.05, 3.63) is 62.5 Å². The second-order valence-corrected chi connectivity index (χ2v) is 7.93. The van der Waals surface area contributed by atoms with E-state index in [1.165, 1.54) is 12.1 Å². The lowest BCUT2D eigenvalue weighted by Gasteiger charge is -2.13. The molecule has 33 heavy (non-hydrogen) atoms. The minimum absolute atomic E-state index is 0.00421. The van der Waals surface area contributed by atoms with Gasteiger partial charge in [0, 0.05) is 31.8 Å². The largest absolute Gasteiger partial charge is 0.454 e. The average Bonchev–Trinajstić information content (AvgIpc) is 3.37. The molecule has 0 aromatic heterocycles. The van der Waals surface area contributed by atoms with E-state index in [1.54, 1.807) is 31.3 Å². The molecule has 0 aliphatic carbocycles. The number of hydrogen-bond acceptors (Lipinski definition) is 9. The number of amides is 3. The van der Waals surface area contributed by atoms with Crippen molar-refractivity contribution < 1.29 is 28.8 Å². The van der Waals surface area contributed by atoms with Gasteiger partial charge in [-0.1, -0.05) is 6.07 Å². The highest BCUT2D eigenvalue weighted by atomic mass is 32.2. The SMILES string of the molecule is CNc1ccc(C(=O)NCCN2C(=O)SC(=Cc3ccc4c(c3)OCO4)C2=O)cc1[N+](=O)[O-]. The molecule has 2 aromatic rings. The number of thioether (sulfide) groups is 1. The zero-order valence-corrected chi connectivity index (χ0v) is 18.1. The molecule has 4 rings (SSSR count). The maximum absolute atomic E-state index is 12.7. The number of nitrogens with zero attached hydrogens (tertiary/aromatic N) is 2. The van der Waals surface area contributed by atoms with Crippen molar-refractivity contribution in [2.24, 2.45) is 0 Å². The van der Waals surface area contributed by atoms with E-state index in [9.17, 15) is 24.5 Å². The van der Waals surface area contributed by atoms with Gasteiger partial charge in [-0.05, 0) is 47.7 Å². The summed E-state index contributed by atoms with van der Waals surface area (Å²) >= 11 is 0.806. The van der Waals surface area contributed by atoms with Crippen LogP contribution in [0.2, 0.25) is 0 Å².